The molecule has 0 aliphatic heterocycles. The molecule has 76 valence electrons. The van der Waals surface area contributed by atoms with E-state index in [2.05, 4.69) is 22.6 Å². The first-order valence-electron chi connectivity index (χ1n) is 4.35. The van der Waals surface area contributed by atoms with Crippen LogP contribution in [0.2, 0.25) is 0 Å². The van der Waals surface area contributed by atoms with Crippen LogP contribution < -0.4 is 0 Å². The molecule has 1 aromatic heterocycles. The van der Waals surface area contributed by atoms with Crippen LogP contribution in [0.15, 0.2) is 42.6 Å². The molecule has 3 nitrogen and oxygen atoms in total. The molecule has 1 heterocycles. The molecular weight excluding hydrogens is 305 g/mol. The van der Waals surface area contributed by atoms with Crippen molar-refractivity contribution >= 4 is 28.6 Å². The van der Waals surface area contributed by atoms with Crippen molar-refractivity contribution in [1.82, 2.24) is 4.57 Å². The smallest absolute Gasteiger partial charge is 0.352 e. The molecule has 0 amide bonds. The van der Waals surface area contributed by atoms with Gasteiger partial charge in [-0.3, -0.25) is 0 Å². The molecule has 2 rings (SSSR count). The number of halogens is 1. The molecule has 0 bridgehead atoms. The summed E-state index contributed by atoms with van der Waals surface area (Å²) in [4.78, 5) is 10.9. The van der Waals surface area contributed by atoms with Crippen LogP contribution in [0.4, 0.5) is 0 Å². The van der Waals surface area contributed by atoms with Gasteiger partial charge < -0.3 is 9.67 Å². The van der Waals surface area contributed by atoms with Gasteiger partial charge in [-0.05, 0) is 52.9 Å². The fourth-order valence-electron chi connectivity index (χ4n) is 1.41. The van der Waals surface area contributed by atoms with Crippen molar-refractivity contribution in [2.45, 2.75) is 0 Å². The van der Waals surface area contributed by atoms with Crippen LogP contribution in [0.3, 0.4) is 0 Å². The molecule has 0 saturated heterocycles. The quantitative estimate of drug-likeness (QED) is 0.866. The maximum atomic E-state index is 10.9. The first kappa shape index (κ1) is 10.2. The van der Waals surface area contributed by atoms with Crippen LogP contribution in [-0.2, 0) is 0 Å². The fourth-order valence-corrected chi connectivity index (χ4v) is 1.93. The van der Waals surface area contributed by atoms with E-state index in [0.717, 1.165) is 9.26 Å². The van der Waals surface area contributed by atoms with Crippen molar-refractivity contribution in [2.75, 3.05) is 0 Å². The lowest BCUT2D eigenvalue weighted by molar-refractivity contribution is 0.0688. The minimum atomic E-state index is -0.918. The first-order valence-corrected chi connectivity index (χ1v) is 5.43. The Bertz CT molecular complexity index is 505. The Kier molecular flexibility index (Phi) is 2.77. The normalized spacial score (nSPS) is 10.2. The Morgan fingerprint density at radius 2 is 2.07 bits per heavy atom. The number of carboxylic acid groups (broad SMARTS) is 1. The number of carbonyl (C=O) groups is 1. The minimum Gasteiger partial charge on any atom is -0.477 e. The molecule has 0 spiro atoms. The predicted molar refractivity (Wildman–Crippen MR) is 65.4 cm³/mol. The maximum absolute atomic E-state index is 10.9. The van der Waals surface area contributed by atoms with E-state index in [4.69, 9.17) is 5.11 Å². The Morgan fingerprint density at radius 3 is 2.73 bits per heavy atom. The summed E-state index contributed by atoms with van der Waals surface area (Å²) in [6.07, 6.45) is 1.74. The van der Waals surface area contributed by atoms with Gasteiger partial charge in [0.05, 0.1) is 0 Å². The zero-order chi connectivity index (χ0) is 10.8. The number of aromatic nitrogens is 1. The van der Waals surface area contributed by atoms with Crippen molar-refractivity contribution in [3.05, 3.63) is 51.9 Å². The summed E-state index contributed by atoms with van der Waals surface area (Å²) in [7, 11) is 0. The number of hydrogen-bond acceptors (Lipinski definition) is 1. The Hall–Kier alpha value is -1.30. The highest BCUT2D eigenvalue weighted by Gasteiger charge is 2.09. The van der Waals surface area contributed by atoms with Gasteiger partial charge in [-0.2, -0.15) is 0 Å². The molecule has 0 saturated carbocycles. The van der Waals surface area contributed by atoms with E-state index in [-0.39, 0.29) is 5.69 Å². The van der Waals surface area contributed by atoms with Crippen LogP contribution in [0, 0.1) is 3.57 Å². The number of nitrogens with zero attached hydrogens (tertiary/aromatic N) is 1. The van der Waals surface area contributed by atoms with Gasteiger partial charge in [0.25, 0.3) is 0 Å². The van der Waals surface area contributed by atoms with Crippen molar-refractivity contribution < 1.29 is 9.90 Å². The van der Waals surface area contributed by atoms with E-state index in [1.54, 1.807) is 22.9 Å². The largest absolute Gasteiger partial charge is 0.477 e. The number of rotatable bonds is 2. The third-order valence-electron chi connectivity index (χ3n) is 2.05. The van der Waals surface area contributed by atoms with Crippen molar-refractivity contribution in [1.29, 1.82) is 0 Å². The molecule has 0 unspecified atom stereocenters. The second-order valence-corrected chi connectivity index (χ2v) is 4.29. The third-order valence-corrected chi connectivity index (χ3v) is 2.73. The summed E-state index contributed by atoms with van der Waals surface area (Å²) < 4.78 is 2.74. The molecule has 0 radical (unpaired) electrons. The van der Waals surface area contributed by atoms with E-state index in [1.807, 2.05) is 24.3 Å². The van der Waals surface area contributed by atoms with Gasteiger partial charge in [0.1, 0.15) is 5.69 Å². The number of carboxylic acids is 1. The average Bonchev–Trinajstić information content (AvgIpc) is 2.65. The molecule has 0 aliphatic carbocycles. The van der Waals surface area contributed by atoms with E-state index < -0.39 is 5.97 Å². The lowest BCUT2D eigenvalue weighted by atomic mass is 10.3. The molecular formula is C11H8INO2. The van der Waals surface area contributed by atoms with Crippen LogP contribution in [0.5, 0.6) is 0 Å². The van der Waals surface area contributed by atoms with Gasteiger partial charge in [0, 0.05) is 15.5 Å². The summed E-state index contributed by atoms with van der Waals surface area (Å²) in [6, 6.07) is 11.0. The average molecular weight is 313 g/mol. The lowest BCUT2D eigenvalue weighted by Crippen LogP contribution is -2.05. The first-order chi connectivity index (χ1) is 7.18. The standard InChI is InChI=1S/C11H8INO2/c12-8-3-1-4-9(7-8)13-6-2-5-10(13)11(14)15/h1-7H,(H,14,15). The van der Waals surface area contributed by atoms with E-state index in [9.17, 15) is 4.79 Å². The van der Waals surface area contributed by atoms with Gasteiger partial charge in [-0.25, -0.2) is 4.79 Å². The lowest BCUT2D eigenvalue weighted by Gasteiger charge is -2.06. The molecule has 1 N–H and O–H groups in total. The zero-order valence-corrected chi connectivity index (χ0v) is 9.88. The third kappa shape index (κ3) is 2.04. The highest BCUT2D eigenvalue weighted by Crippen LogP contribution is 2.15. The van der Waals surface area contributed by atoms with Crippen LogP contribution in [0.25, 0.3) is 5.69 Å². The molecule has 0 fully saturated rings. The van der Waals surface area contributed by atoms with Crippen molar-refractivity contribution in [3.8, 4) is 5.69 Å². The number of aromatic carboxylic acids is 1. The summed E-state index contributed by atoms with van der Waals surface area (Å²) in [5.41, 5.74) is 1.14. The molecule has 0 atom stereocenters. The SMILES string of the molecule is O=C(O)c1cccn1-c1cccc(I)c1. The summed E-state index contributed by atoms with van der Waals surface area (Å²) >= 11 is 2.20. The second kappa shape index (κ2) is 4.06. The van der Waals surface area contributed by atoms with Gasteiger partial charge in [0.15, 0.2) is 0 Å². The van der Waals surface area contributed by atoms with Crippen LogP contribution in [0.1, 0.15) is 10.5 Å². The fraction of sp³-hybridized carbons (Fsp3) is 0. The van der Waals surface area contributed by atoms with Gasteiger partial charge >= 0.3 is 5.97 Å². The summed E-state index contributed by atoms with van der Waals surface area (Å²) in [6.45, 7) is 0. The monoisotopic (exact) mass is 313 g/mol. The highest BCUT2D eigenvalue weighted by molar-refractivity contribution is 14.1. The van der Waals surface area contributed by atoms with Crippen molar-refractivity contribution in [2.24, 2.45) is 0 Å². The Morgan fingerprint density at radius 1 is 1.27 bits per heavy atom. The van der Waals surface area contributed by atoms with Crippen LogP contribution in [-0.4, -0.2) is 15.6 Å². The molecule has 4 heteroatoms. The Labute approximate surface area is 100 Å². The number of hydrogen-bond donors (Lipinski definition) is 1. The molecule has 15 heavy (non-hydrogen) atoms. The van der Waals surface area contributed by atoms with E-state index in [0.29, 0.717) is 0 Å². The highest BCUT2D eigenvalue weighted by atomic mass is 127. The predicted octanol–water partition coefficient (Wildman–Crippen LogP) is 2.78. The van der Waals surface area contributed by atoms with Crippen LogP contribution >= 0.6 is 22.6 Å². The summed E-state index contributed by atoms with van der Waals surface area (Å²) in [5.74, 6) is -0.918. The van der Waals surface area contributed by atoms with Gasteiger partial charge in [0.2, 0.25) is 0 Å². The Balaban J connectivity index is 2.54. The molecule has 1 aromatic carbocycles. The zero-order valence-electron chi connectivity index (χ0n) is 7.72. The topological polar surface area (TPSA) is 42.2 Å². The second-order valence-electron chi connectivity index (χ2n) is 3.05. The minimum absolute atomic E-state index is 0.275. The van der Waals surface area contributed by atoms with Gasteiger partial charge in [-0.1, -0.05) is 6.07 Å². The molecule has 2 aromatic rings. The van der Waals surface area contributed by atoms with Gasteiger partial charge in [-0.15, -0.1) is 0 Å². The van der Waals surface area contributed by atoms with E-state index in [1.165, 1.54) is 0 Å². The van der Waals surface area contributed by atoms with Crippen molar-refractivity contribution in [3.63, 3.8) is 0 Å². The van der Waals surface area contributed by atoms with E-state index >= 15 is 0 Å². The molecule has 0 aliphatic rings. The summed E-state index contributed by atoms with van der Waals surface area (Å²) in [5, 5.41) is 8.96. The number of benzene rings is 1. The maximum Gasteiger partial charge on any atom is 0.352 e.